The lowest BCUT2D eigenvalue weighted by Gasteiger charge is -2.20. The van der Waals surface area contributed by atoms with Crippen molar-refractivity contribution in [3.05, 3.63) is 64.9 Å². The average Bonchev–Trinajstić information content (AvgIpc) is 3.20. The van der Waals surface area contributed by atoms with E-state index in [1.807, 2.05) is 0 Å². The van der Waals surface area contributed by atoms with Gasteiger partial charge in [0.2, 0.25) is 5.91 Å². The van der Waals surface area contributed by atoms with E-state index in [1.165, 1.54) is 49.5 Å². The fraction of sp³-hybridized carbons (Fsp3) is 0.190. The predicted molar refractivity (Wildman–Crippen MR) is 110 cm³/mol. The van der Waals surface area contributed by atoms with Gasteiger partial charge in [0.25, 0.3) is 0 Å². The van der Waals surface area contributed by atoms with Crippen molar-refractivity contribution in [3.8, 4) is 11.5 Å². The molecule has 0 aliphatic rings. The summed E-state index contributed by atoms with van der Waals surface area (Å²) >= 11 is 1.23. The summed E-state index contributed by atoms with van der Waals surface area (Å²) in [6.45, 7) is 1.30. The minimum atomic E-state index is -0.695. The van der Waals surface area contributed by atoms with Gasteiger partial charge in [-0.25, -0.2) is 14.2 Å². The molecule has 3 aromatic rings. The summed E-state index contributed by atoms with van der Waals surface area (Å²) in [5.74, 6) is -1.03. The second-order valence-electron chi connectivity index (χ2n) is 6.07. The van der Waals surface area contributed by atoms with Crippen LogP contribution in [0.3, 0.4) is 0 Å². The molecule has 1 amide bonds. The van der Waals surface area contributed by atoms with Crippen LogP contribution < -0.4 is 14.4 Å². The topological polar surface area (TPSA) is 78.0 Å². The number of aromatic nitrogens is 1. The van der Waals surface area contributed by atoms with Gasteiger partial charge in [-0.05, 0) is 30.3 Å². The van der Waals surface area contributed by atoms with Gasteiger partial charge in [-0.3, -0.25) is 9.69 Å². The van der Waals surface area contributed by atoms with Crippen LogP contribution in [-0.2, 0) is 16.1 Å². The van der Waals surface area contributed by atoms with Crippen LogP contribution in [0.1, 0.15) is 23.0 Å². The van der Waals surface area contributed by atoms with Crippen molar-refractivity contribution in [1.29, 1.82) is 0 Å². The number of nitrogens with zero attached hydrogens (tertiary/aromatic N) is 2. The molecule has 30 heavy (non-hydrogen) atoms. The number of benzene rings is 2. The molecule has 2 aromatic carbocycles. The Labute approximate surface area is 176 Å². The number of esters is 1. The zero-order valence-electron chi connectivity index (χ0n) is 16.5. The standard InChI is InChI=1S/C21H19FN2O5S/c1-13(25)24(17-6-4-5-7-19(17)28-3)21-23-15(12-30-21)11-29-20(26)14-8-9-18(27-2)16(22)10-14/h4-10,12H,11H2,1-3H3. The number of hydrogen-bond donors (Lipinski definition) is 0. The molecular formula is C21H19FN2O5S. The molecule has 0 radical (unpaired) electrons. The predicted octanol–water partition coefficient (Wildman–Crippen LogP) is 4.34. The highest BCUT2D eigenvalue weighted by Gasteiger charge is 2.21. The monoisotopic (exact) mass is 430 g/mol. The second kappa shape index (κ2) is 9.36. The lowest BCUT2D eigenvalue weighted by molar-refractivity contribution is -0.115. The van der Waals surface area contributed by atoms with Crippen molar-refractivity contribution >= 4 is 34.0 Å². The molecule has 7 nitrogen and oxygen atoms in total. The molecule has 0 bridgehead atoms. The first-order valence-electron chi connectivity index (χ1n) is 8.83. The van der Waals surface area contributed by atoms with Gasteiger partial charge in [0.15, 0.2) is 16.7 Å². The van der Waals surface area contributed by atoms with Gasteiger partial charge in [0.1, 0.15) is 12.4 Å². The minimum absolute atomic E-state index is 0.0383. The van der Waals surface area contributed by atoms with Crippen LogP contribution in [0.25, 0.3) is 0 Å². The van der Waals surface area contributed by atoms with Crippen LogP contribution in [0.4, 0.5) is 15.2 Å². The SMILES string of the molecule is COc1ccc(C(=O)OCc2csc(N(C(C)=O)c3ccccc3OC)n2)cc1F. The molecule has 1 heterocycles. The van der Waals surface area contributed by atoms with Crippen molar-refractivity contribution in [3.63, 3.8) is 0 Å². The number of carbonyl (C=O) groups excluding carboxylic acids is 2. The third-order valence-electron chi connectivity index (χ3n) is 4.11. The summed E-state index contributed by atoms with van der Waals surface area (Å²) in [5.41, 5.74) is 1.07. The third-order valence-corrected chi connectivity index (χ3v) is 4.99. The van der Waals surface area contributed by atoms with E-state index < -0.39 is 11.8 Å². The Morgan fingerprint density at radius 2 is 1.83 bits per heavy atom. The highest BCUT2D eigenvalue weighted by Crippen LogP contribution is 2.35. The number of thiazole rings is 1. The number of carbonyl (C=O) groups is 2. The summed E-state index contributed by atoms with van der Waals surface area (Å²) in [4.78, 5) is 30.3. The normalized spacial score (nSPS) is 10.4. The second-order valence-corrected chi connectivity index (χ2v) is 6.91. The van der Waals surface area contributed by atoms with Crippen molar-refractivity contribution in [1.82, 2.24) is 4.98 Å². The van der Waals surface area contributed by atoms with Gasteiger partial charge >= 0.3 is 5.97 Å². The van der Waals surface area contributed by atoms with Gasteiger partial charge in [-0.1, -0.05) is 12.1 Å². The van der Waals surface area contributed by atoms with Crippen molar-refractivity contribution in [2.24, 2.45) is 0 Å². The molecule has 3 rings (SSSR count). The fourth-order valence-corrected chi connectivity index (χ4v) is 3.57. The van der Waals surface area contributed by atoms with Crippen molar-refractivity contribution in [2.45, 2.75) is 13.5 Å². The Morgan fingerprint density at radius 1 is 1.10 bits per heavy atom. The molecule has 0 N–H and O–H groups in total. The number of methoxy groups -OCH3 is 2. The summed E-state index contributed by atoms with van der Waals surface area (Å²) < 4.78 is 29.2. The number of hydrogen-bond acceptors (Lipinski definition) is 7. The minimum Gasteiger partial charge on any atom is -0.495 e. The summed E-state index contributed by atoms with van der Waals surface area (Å²) in [6.07, 6.45) is 0. The summed E-state index contributed by atoms with van der Waals surface area (Å²) in [6, 6.07) is 10.9. The van der Waals surface area contributed by atoms with E-state index in [2.05, 4.69) is 4.98 Å². The average molecular weight is 430 g/mol. The van der Waals surface area contributed by atoms with E-state index in [0.29, 0.717) is 22.3 Å². The van der Waals surface area contributed by atoms with Gasteiger partial charge in [0, 0.05) is 12.3 Å². The van der Waals surface area contributed by atoms with Crippen LogP contribution >= 0.6 is 11.3 Å². The fourth-order valence-electron chi connectivity index (χ4n) is 2.70. The first-order chi connectivity index (χ1) is 14.4. The smallest absolute Gasteiger partial charge is 0.338 e. The molecule has 156 valence electrons. The van der Waals surface area contributed by atoms with Gasteiger partial charge in [0.05, 0.1) is 31.2 Å². The van der Waals surface area contributed by atoms with Crippen LogP contribution in [0.15, 0.2) is 47.8 Å². The molecule has 0 aliphatic carbocycles. The van der Waals surface area contributed by atoms with E-state index in [1.54, 1.807) is 29.6 Å². The summed E-state index contributed by atoms with van der Waals surface area (Å²) in [5, 5.41) is 2.09. The maximum atomic E-state index is 13.8. The Kier molecular flexibility index (Phi) is 6.63. The van der Waals surface area contributed by atoms with Gasteiger partial charge in [-0.2, -0.15) is 0 Å². The van der Waals surface area contributed by atoms with E-state index in [-0.39, 0.29) is 23.8 Å². The largest absolute Gasteiger partial charge is 0.495 e. The number of para-hydroxylation sites is 2. The Bertz CT molecular complexity index is 1070. The molecular weight excluding hydrogens is 411 g/mol. The number of ether oxygens (including phenoxy) is 3. The van der Waals surface area contributed by atoms with E-state index in [9.17, 15) is 14.0 Å². The van der Waals surface area contributed by atoms with Gasteiger partial charge in [-0.15, -0.1) is 11.3 Å². The van der Waals surface area contributed by atoms with Crippen molar-refractivity contribution in [2.75, 3.05) is 19.1 Å². The molecule has 0 atom stereocenters. The van der Waals surface area contributed by atoms with E-state index in [0.717, 1.165) is 6.07 Å². The molecule has 1 aromatic heterocycles. The third kappa shape index (κ3) is 4.57. The van der Waals surface area contributed by atoms with Crippen LogP contribution in [0.5, 0.6) is 11.5 Å². The first kappa shape index (κ1) is 21.3. The zero-order valence-corrected chi connectivity index (χ0v) is 17.4. The lowest BCUT2D eigenvalue weighted by Crippen LogP contribution is -2.23. The Hall–Kier alpha value is -3.46. The molecule has 0 aliphatic heterocycles. The van der Waals surface area contributed by atoms with Crippen LogP contribution in [0, 0.1) is 5.82 Å². The molecule has 0 saturated heterocycles. The van der Waals surface area contributed by atoms with Crippen LogP contribution in [-0.4, -0.2) is 31.1 Å². The van der Waals surface area contributed by atoms with E-state index in [4.69, 9.17) is 14.2 Å². The summed E-state index contributed by atoms with van der Waals surface area (Å²) in [7, 11) is 2.86. The Morgan fingerprint density at radius 3 is 2.50 bits per heavy atom. The lowest BCUT2D eigenvalue weighted by atomic mass is 10.2. The molecule has 9 heteroatoms. The maximum absolute atomic E-state index is 13.8. The molecule has 0 saturated carbocycles. The van der Waals surface area contributed by atoms with Gasteiger partial charge < -0.3 is 14.2 Å². The molecule has 0 fully saturated rings. The highest BCUT2D eigenvalue weighted by atomic mass is 32.1. The number of amides is 1. The van der Waals surface area contributed by atoms with E-state index >= 15 is 0 Å². The quantitative estimate of drug-likeness (QED) is 0.519. The molecule has 0 spiro atoms. The maximum Gasteiger partial charge on any atom is 0.338 e. The van der Waals surface area contributed by atoms with Crippen LogP contribution in [0.2, 0.25) is 0 Å². The Balaban J connectivity index is 1.74. The first-order valence-corrected chi connectivity index (χ1v) is 9.71. The number of halogens is 1. The highest BCUT2D eigenvalue weighted by molar-refractivity contribution is 7.14. The van der Waals surface area contributed by atoms with Crippen molar-refractivity contribution < 1.29 is 28.2 Å². The number of anilines is 2. The number of rotatable bonds is 7. The molecule has 0 unspecified atom stereocenters. The zero-order chi connectivity index (χ0) is 21.7.